The summed E-state index contributed by atoms with van der Waals surface area (Å²) < 4.78 is 15.8. The molecule has 2 N–H and O–H groups in total. The molecule has 0 spiro atoms. The van der Waals surface area contributed by atoms with Crippen LogP contribution in [0.1, 0.15) is 39.1 Å². The van der Waals surface area contributed by atoms with E-state index in [2.05, 4.69) is 46.3 Å². The number of hydrogen-bond acceptors (Lipinski definition) is 2. The fourth-order valence-electron chi connectivity index (χ4n) is 2.33. The van der Waals surface area contributed by atoms with Gasteiger partial charge >= 0.3 is 0 Å². The van der Waals surface area contributed by atoms with Crippen LogP contribution < -0.4 is 5.73 Å². The summed E-state index contributed by atoms with van der Waals surface area (Å²) in [7, 11) is 0. The van der Waals surface area contributed by atoms with E-state index in [1.54, 1.807) is 12.1 Å². The second kappa shape index (κ2) is 5.95. The molecule has 0 bridgehead atoms. The number of imidazole rings is 1. The molecule has 2 rings (SSSR count). The first kappa shape index (κ1) is 15.0. The van der Waals surface area contributed by atoms with Crippen LogP contribution in [0.2, 0.25) is 0 Å². The van der Waals surface area contributed by atoms with Crippen LogP contribution in [0.25, 0.3) is 11.3 Å². The molecular formula is C15H19BrFN3. The van der Waals surface area contributed by atoms with E-state index in [9.17, 15) is 4.39 Å². The van der Waals surface area contributed by atoms with Crippen molar-refractivity contribution in [1.29, 1.82) is 0 Å². The van der Waals surface area contributed by atoms with Gasteiger partial charge < -0.3 is 10.3 Å². The van der Waals surface area contributed by atoms with E-state index in [0.717, 1.165) is 29.9 Å². The second-order valence-corrected chi connectivity index (χ2v) is 5.96. The van der Waals surface area contributed by atoms with Crippen LogP contribution >= 0.6 is 15.9 Å². The lowest BCUT2D eigenvalue weighted by Gasteiger charge is -2.13. The highest BCUT2D eigenvalue weighted by molar-refractivity contribution is 9.10. The van der Waals surface area contributed by atoms with Gasteiger partial charge in [0.25, 0.3) is 0 Å². The largest absolute Gasteiger partial charge is 0.383 e. The molecule has 0 saturated carbocycles. The number of rotatable bonds is 4. The highest BCUT2D eigenvalue weighted by Crippen LogP contribution is 2.31. The normalized spacial score (nSPS) is 11.3. The second-order valence-electron chi connectivity index (χ2n) is 5.10. The van der Waals surface area contributed by atoms with Gasteiger partial charge in [0, 0.05) is 18.0 Å². The van der Waals surface area contributed by atoms with Gasteiger partial charge in [-0.05, 0) is 54.4 Å². The summed E-state index contributed by atoms with van der Waals surface area (Å²) in [6.45, 7) is 6.28. The summed E-state index contributed by atoms with van der Waals surface area (Å²) in [5, 5.41) is 0. The molecule has 1 aromatic heterocycles. The number of aryl methyl sites for hydroxylation is 1. The van der Waals surface area contributed by atoms with Crippen molar-refractivity contribution in [1.82, 2.24) is 9.55 Å². The van der Waals surface area contributed by atoms with Crippen molar-refractivity contribution < 1.29 is 4.39 Å². The summed E-state index contributed by atoms with van der Waals surface area (Å²) >= 11 is 3.20. The molecule has 0 fully saturated rings. The molecule has 5 heteroatoms. The summed E-state index contributed by atoms with van der Waals surface area (Å²) in [5.41, 5.74) is 7.80. The van der Waals surface area contributed by atoms with E-state index in [-0.39, 0.29) is 11.9 Å². The average molecular weight is 340 g/mol. The predicted molar refractivity (Wildman–Crippen MR) is 84.1 cm³/mol. The van der Waals surface area contributed by atoms with Gasteiger partial charge in [-0.25, -0.2) is 9.37 Å². The minimum Gasteiger partial charge on any atom is -0.383 e. The number of hydrogen-bond donors (Lipinski definition) is 1. The summed E-state index contributed by atoms with van der Waals surface area (Å²) in [6.07, 6.45) is 1.89. The van der Waals surface area contributed by atoms with Crippen molar-refractivity contribution >= 4 is 21.7 Å². The Kier molecular flexibility index (Phi) is 4.48. The van der Waals surface area contributed by atoms with Gasteiger partial charge in [0.05, 0.1) is 4.47 Å². The molecule has 0 aliphatic rings. The molecule has 1 aromatic carbocycles. The molecule has 20 heavy (non-hydrogen) atoms. The topological polar surface area (TPSA) is 43.8 Å². The molecule has 108 valence electrons. The number of nitrogens with zero attached hydrogens (tertiary/aromatic N) is 2. The lowest BCUT2D eigenvalue weighted by molar-refractivity contribution is 0.571. The van der Waals surface area contributed by atoms with E-state index in [1.165, 1.54) is 6.07 Å². The Morgan fingerprint density at radius 1 is 1.40 bits per heavy atom. The van der Waals surface area contributed by atoms with Crippen LogP contribution in [-0.2, 0) is 6.42 Å². The van der Waals surface area contributed by atoms with Crippen LogP contribution in [0.3, 0.4) is 0 Å². The highest BCUT2D eigenvalue weighted by Gasteiger charge is 2.18. The monoisotopic (exact) mass is 339 g/mol. The zero-order valence-electron chi connectivity index (χ0n) is 12.0. The van der Waals surface area contributed by atoms with Crippen LogP contribution in [0.4, 0.5) is 10.2 Å². The fraction of sp³-hybridized carbons (Fsp3) is 0.400. The van der Waals surface area contributed by atoms with Crippen LogP contribution in [0.5, 0.6) is 0 Å². The summed E-state index contributed by atoms with van der Waals surface area (Å²) in [5.74, 6) is 1.34. The van der Waals surface area contributed by atoms with Crippen molar-refractivity contribution in [2.45, 2.75) is 39.7 Å². The molecule has 0 amide bonds. The van der Waals surface area contributed by atoms with E-state index in [4.69, 9.17) is 5.73 Å². The Morgan fingerprint density at radius 2 is 2.10 bits per heavy atom. The van der Waals surface area contributed by atoms with Crippen molar-refractivity contribution in [3.8, 4) is 11.3 Å². The number of aromatic nitrogens is 2. The van der Waals surface area contributed by atoms with Crippen molar-refractivity contribution in [2.75, 3.05) is 5.73 Å². The average Bonchev–Trinajstić information content (AvgIpc) is 2.70. The molecule has 0 saturated heterocycles. The smallest absolute Gasteiger partial charge is 0.137 e. The van der Waals surface area contributed by atoms with Gasteiger partial charge in [0.15, 0.2) is 0 Å². The predicted octanol–water partition coefficient (Wildman–Crippen LogP) is 4.57. The molecular weight excluding hydrogens is 321 g/mol. The standard InChI is InChI=1S/C15H19BrFN3/c1-4-5-13-19-14(15(18)20(13)9(2)3)10-6-7-12(17)11(16)8-10/h6-9H,4-5,18H2,1-3H3. The first-order valence-corrected chi connectivity index (χ1v) is 7.57. The third kappa shape index (κ3) is 2.73. The van der Waals surface area contributed by atoms with Gasteiger partial charge in [0.2, 0.25) is 0 Å². The number of anilines is 1. The fourth-order valence-corrected chi connectivity index (χ4v) is 2.70. The van der Waals surface area contributed by atoms with Gasteiger partial charge in [-0.15, -0.1) is 0 Å². The number of benzene rings is 1. The SMILES string of the molecule is CCCc1nc(-c2ccc(F)c(Br)c2)c(N)n1C(C)C. The van der Waals surface area contributed by atoms with Crippen LogP contribution in [0, 0.1) is 5.82 Å². The Balaban J connectivity index is 2.56. The Morgan fingerprint density at radius 3 is 2.65 bits per heavy atom. The quantitative estimate of drug-likeness (QED) is 0.886. The maximum atomic E-state index is 13.3. The third-order valence-corrected chi connectivity index (χ3v) is 3.81. The van der Waals surface area contributed by atoms with Crippen molar-refractivity contribution in [2.24, 2.45) is 0 Å². The summed E-state index contributed by atoms with van der Waals surface area (Å²) in [4.78, 5) is 4.66. The molecule has 0 radical (unpaired) electrons. The van der Waals surface area contributed by atoms with Crippen LogP contribution in [-0.4, -0.2) is 9.55 Å². The minimum atomic E-state index is -0.288. The van der Waals surface area contributed by atoms with Gasteiger partial charge in [-0.1, -0.05) is 6.92 Å². The van der Waals surface area contributed by atoms with Crippen LogP contribution in [0.15, 0.2) is 22.7 Å². The summed E-state index contributed by atoms with van der Waals surface area (Å²) in [6, 6.07) is 5.10. The van der Waals surface area contributed by atoms with E-state index in [1.807, 2.05) is 0 Å². The maximum Gasteiger partial charge on any atom is 0.137 e. The first-order valence-electron chi connectivity index (χ1n) is 6.77. The Hall–Kier alpha value is -1.36. The number of halogens is 2. The Labute approximate surface area is 127 Å². The van der Waals surface area contributed by atoms with Crippen molar-refractivity contribution in [3.63, 3.8) is 0 Å². The number of nitrogen functional groups attached to an aromatic ring is 1. The molecule has 0 unspecified atom stereocenters. The molecule has 0 aliphatic carbocycles. The van der Waals surface area contributed by atoms with E-state index < -0.39 is 0 Å². The van der Waals surface area contributed by atoms with Gasteiger partial charge in [0.1, 0.15) is 23.2 Å². The van der Waals surface area contributed by atoms with E-state index in [0.29, 0.717) is 10.3 Å². The maximum absolute atomic E-state index is 13.3. The van der Waals surface area contributed by atoms with Crippen molar-refractivity contribution in [3.05, 3.63) is 34.3 Å². The van der Waals surface area contributed by atoms with Gasteiger partial charge in [-0.2, -0.15) is 0 Å². The minimum absolute atomic E-state index is 0.252. The lowest BCUT2D eigenvalue weighted by atomic mass is 10.1. The third-order valence-electron chi connectivity index (χ3n) is 3.20. The van der Waals surface area contributed by atoms with E-state index >= 15 is 0 Å². The lowest BCUT2D eigenvalue weighted by Crippen LogP contribution is -2.09. The zero-order valence-corrected chi connectivity index (χ0v) is 13.5. The zero-order chi connectivity index (χ0) is 14.9. The Bertz CT molecular complexity index is 620. The van der Waals surface area contributed by atoms with Gasteiger partial charge in [-0.3, -0.25) is 0 Å². The first-order chi connectivity index (χ1) is 9.45. The molecule has 0 atom stereocenters. The molecule has 3 nitrogen and oxygen atoms in total. The molecule has 0 aliphatic heterocycles. The molecule has 2 aromatic rings. The highest BCUT2D eigenvalue weighted by atomic mass is 79.9. The number of nitrogens with two attached hydrogens (primary N) is 1. The molecule has 1 heterocycles.